The van der Waals surface area contributed by atoms with Crippen LogP contribution >= 0.6 is 31.9 Å². The van der Waals surface area contributed by atoms with Crippen LogP contribution in [0.5, 0.6) is 5.75 Å². The molecule has 1 aromatic carbocycles. The molecule has 5 heteroatoms. The van der Waals surface area contributed by atoms with E-state index in [2.05, 4.69) is 48.7 Å². The predicted octanol–water partition coefficient (Wildman–Crippen LogP) is 3.44. The minimum atomic E-state index is 0.169. The Kier molecular flexibility index (Phi) is 5.45. The van der Waals surface area contributed by atoms with Gasteiger partial charge in [-0.2, -0.15) is 0 Å². The smallest absolute Gasteiger partial charge is 0.122 e. The molecular weight excluding hydrogens is 372 g/mol. The van der Waals surface area contributed by atoms with Gasteiger partial charge in [0.1, 0.15) is 5.75 Å². The van der Waals surface area contributed by atoms with E-state index in [-0.39, 0.29) is 6.04 Å². The fourth-order valence-corrected chi connectivity index (χ4v) is 3.97. The van der Waals surface area contributed by atoms with Crippen molar-refractivity contribution in [1.82, 2.24) is 10.2 Å². The maximum absolute atomic E-state index is 10.3. The summed E-state index contributed by atoms with van der Waals surface area (Å²) in [5.41, 5.74) is 0.949. The number of benzene rings is 1. The van der Waals surface area contributed by atoms with Crippen molar-refractivity contribution in [3.8, 4) is 5.75 Å². The first-order valence-electron chi connectivity index (χ1n) is 6.37. The van der Waals surface area contributed by atoms with Crippen molar-refractivity contribution < 1.29 is 5.11 Å². The van der Waals surface area contributed by atoms with Crippen LogP contribution in [0.2, 0.25) is 0 Å². The molecule has 2 rings (SSSR count). The SMILES string of the molecule is C=CC[C@@H](c1c(O)cc(Br)cc1Br)N1CCNCC1. The summed E-state index contributed by atoms with van der Waals surface area (Å²) in [7, 11) is 0. The van der Waals surface area contributed by atoms with Crippen LogP contribution in [0.1, 0.15) is 18.0 Å². The maximum Gasteiger partial charge on any atom is 0.122 e. The topological polar surface area (TPSA) is 35.5 Å². The molecule has 1 aromatic rings. The Bertz CT molecular complexity index is 436. The second-order valence-electron chi connectivity index (χ2n) is 4.65. The van der Waals surface area contributed by atoms with Gasteiger partial charge in [-0.1, -0.05) is 37.9 Å². The van der Waals surface area contributed by atoms with Gasteiger partial charge in [0, 0.05) is 46.7 Å². The number of nitrogens with zero attached hydrogens (tertiary/aromatic N) is 1. The summed E-state index contributed by atoms with van der Waals surface area (Å²) in [4.78, 5) is 2.39. The molecule has 1 atom stereocenters. The molecule has 104 valence electrons. The molecule has 0 aromatic heterocycles. The van der Waals surface area contributed by atoms with E-state index in [1.54, 1.807) is 6.07 Å². The molecule has 0 saturated carbocycles. The van der Waals surface area contributed by atoms with E-state index in [0.717, 1.165) is 47.1 Å². The first-order chi connectivity index (χ1) is 9.13. The van der Waals surface area contributed by atoms with E-state index >= 15 is 0 Å². The number of nitrogens with one attached hydrogen (secondary N) is 1. The summed E-state index contributed by atoms with van der Waals surface area (Å²) in [6.07, 6.45) is 2.74. The Morgan fingerprint density at radius 3 is 2.63 bits per heavy atom. The molecule has 1 aliphatic heterocycles. The summed E-state index contributed by atoms with van der Waals surface area (Å²) >= 11 is 6.97. The zero-order chi connectivity index (χ0) is 13.8. The minimum Gasteiger partial charge on any atom is -0.508 e. The summed E-state index contributed by atoms with van der Waals surface area (Å²) in [6, 6.07) is 3.90. The van der Waals surface area contributed by atoms with Gasteiger partial charge < -0.3 is 10.4 Å². The van der Waals surface area contributed by atoms with Gasteiger partial charge in [0.2, 0.25) is 0 Å². The lowest BCUT2D eigenvalue weighted by Gasteiger charge is -2.35. The number of hydrogen-bond donors (Lipinski definition) is 2. The van der Waals surface area contributed by atoms with Crippen molar-refractivity contribution in [2.45, 2.75) is 12.5 Å². The Morgan fingerprint density at radius 2 is 2.05 bits per heavy atom. The minimum absolute atomic E-state index is 0.169. The molecule has 0 bridgehead atoms. The van der Waals surface area contributed by atoms with Gasteiger partial charge >= 0.3 is 0 Å². The summed E-state index contributed by atoms with van der Waals surface area (Å²) < 4.78 is 1.81. The Balaban J connectivity index is 2.35. The summed E-state index contributed by atoms with van der Waals surface area (Å²) in [5, 5.41) is 13.6. The zero-order valence-corrected chi connectivity index (χ0v) is 13.9. The lowest BCUT2D eigenvalue weighted by Crippen LogP contribution is -2.45. The lowest BCUT2D eigenvalue weighted by atomic mass is 10.00. The number of phenolic OH excluding ortho intramolecular Hbond substituents is 1. The van der Waals surface area contributed by atoms with E-state index in [4.69, 9.17) is 0 Å². The molecule has 3 nitrogen and oxygen atoms in total. The van der Waals surface area contributed by atoms with Gasteiger partial charge in [-0.3, -0.25) is 4.90 Å². The van der Waals surface area contributed by atoms with Crippen LogP contribution in [-0.4, -0.2) is 36.2 Å². The van der Waals surface area contributed by atoms with Crippen molar-refractivity contribution >= 4 is 31.9 Å². The third-order valence-electron chi connectivity index (χ3n) is 3.39. The molecule has 0 amide bonds. The van der Waals surface area contributed by atoms with Crippen molar-refractivity contribution in [1.29, 1.82) is 0 Å². The van der Waals surface area contributed by atoms with Crippen LogP contribution in [-0.2, 0) is 0 Å². The predicted molar refractivity (Wildman–Crippen MR) is 85.5 cm³/mol. The molecule has 0 aliphatic carbocycles. The van der Waals surface area contributed by atoms with E-state index in [1.807, 2.05) is 12.1 Å². The number of aromatic hydroxyl groups is 1. The fourth-order valence-electron chi connectivity index (χ4n) is 2.50. The summed E-state index contributed by atoms with van der Waals surface area (Å²) in [5.74, 6) is 0.326. The third-order valence-corrected chi connectivity index (χ3v) is 4.50. The standard InChI is InChI=1S/C14H18Br2N2O/c1-2-3-12(18-6-4-17-5-7-18)14-11(16)8-10(15)9-13(14)19/h2,8-9,12,17,19H,1,3-7H2/t12-/m0/s1. The van der Waals surface area contributed by atoms with Crippen molar-refractivity contribution in [2.24, 2.45) is 0 Å². The van der Waals surface area contributed by atoms with Crippen LogP contribution in [0.3, 0.4) is 0 Å². The number of halogens is 2. The van der Waals surface area contributed by atoms with Crippen LogP contribution in [0.15, 0.2) is 33.7 Å². The molecule has 2 N–H and O–H groups in total. The normalized spacial score (nSPS) is 18.2. The van der Waals surface area contributed by atoms with Crippen LogP contribution < -0.4 is 5.32 Å². The average molecular weight is 390 g/mol. The molecule has 0 unspecified atom stereocenters. The quantitative estimate of drug-likeness (QED) is 0.774. The van der Waals surface area contributed by atoms with Crippen LogP contribution in [0.25, 0.3) is 0 Å². The van der Waals surface area contributed by atoms with E-state index in [0.29, 0.717) is 5.75 Å². The van der Waals surface area contributed by atoms with Gasteiger partial charge in [0.05, 0.1) is 0 Å². The van der Waals surface area contributed by atoms with Crippen molar-refractivity contribution in [3.05, 3.63) is 39.3 Å². The molecule has 1 heterocycles. The fraction of sp³-hybridized carbons (Fsp3) is 0.429. The monoisotopic (exact) mass is 388 g/mol. The van der Waals surface area contributed by atoms with Crippen molar-refractivity contribution in [3.63, 3.8) is 0 Å². The first-order valence-corrected chi connectivity index (χ1v) is 7.95. The van der Waals surface area contributed by atoms with Gasteiger partial charge in [0.15, 0.2) is 0 Å². The van der Waals surface area contributed by atoms with Gasteiger partial charge in [-0.05, 0) is 18.6 Å². The van der Waals surface area contributed by atoms with Gasteiger partial charge in [0.25, 0.3) is 0 Å². The highest BCUT2D eigenvalue weighted by Gasteiger charge is 2.25. The van der Waals surface area contributed by atoms with Crippen LogP contribution in [0, 0.1) is 0 Å². The molecule has 1 fully saturated rings. The van der Waals surface area contributed by atoms with Gasteiger partial charge in [-0.15, -0.1) is 6.58 Å². The van der Waals surface area contributed by atoms with Crippen molar-refractivity contribution in [2.75, 3.05) is 26.2 Å². The van der Waals surface area contributed by atoms with E-state index in [9.17, 15) is 5.11 Å². The maximum atomic E-state index is 10.3. The average Bonchev–Trinajstić information content (AvgIpc) is 2.37. The number of phenols is 1. The van der Waals surface area contributed by atoms with E-state index in [1.165, 1.54) is 0 Å². The second-order valence-corrected chi connectivity index (χ2v) is 6.42. The first kappa shape index (κ1) is 15.0. The lowest BCUT2D eigenvalue weighted by molar-refractivity contribution is 0.171. The zero-order valence-electron chi connectivity index (χ0n) is 10.7. The third kappa shape index (κ3) is 3.60. The number of hydrogen-bond acceptors (Lipinski definition) is 3. The Hall–Kier alpha value is -0.360. The Labute approximate surface area is 130 Å². The highest BCUT2D eigenvalue weighted by molar-refractivity contribution is 9.11. The highest BCUT2D eigenvalue weighted by atomic mass is 79.9. The highest BCUT2D eigenvalue weighted by Crippen LogP contribution is 2.39. The molecule has 0 spiro atoms. The second kappa shape index (κ2) is 6.88. The molecule has 1 saturated heterocycles. The van der Waals surface area contributed by atoms with Crippen LogP contribution in [0.4, 0.5) is 0 Å². The largest absolute Gasteiger partial charge is 0.508 e. The molecular formula is C14H18Br2N2O. The molecule has 1 aliphatic rings. The summed E-state index contributed by atoms with van der Waals surface area (Å²) in [6.45, 7) is 7.80. The molecule has 19 heavy (non-hydrogen) atoms. The van der Waals surface area contributed by atoms with Gasteiger partial charge in [-0.25, -0.2) is 0 Å². The Morgan fingerprint density at radius 1 is 1.37 bits per heavy atom. The number of rotatable bonds is 4. The number of piperazine rings is 1. The van der Waals surface area contributed by atoms with E-state index < -0.39 is 0 Å². The molecule has 0 radical (unpaired) electrons.